The molecule has 0 aliphatic heterocycles. The van der Waals surface area contributed by atoms with Crippen molar-refractivity contribution in [2.45, 2.75) is 23.9 Å². The number of benzene rings is 1. The Hall–Kier alpha value is -0.610. The quantitative estimate of drug-likeness (QED) is 0.700. The molecule has 0 bridgehead atoms. The highest BCUT2D eigenvalue weighted by atomic mass is 35.7. The number of halogens is 2. The standard InChI is InChI=1S/C9H8ClFO2S/c10-14(12,13)7-3-1-6-2-4-9(11)8(6)5-7/h1,3,5,9H,2,4H2. The van der Waals surface area contributed by atoms with E-state index in [0.717, 1.165) is 5.56 Å². The molecular weight excluding hydrogens is 227 g/mol. The van der Waals surface area contributed by atoms with Gasteiger partial charge in [-0.3, -0.25) is 0 Å². The second kappa shape index (κ2) is 3.21. The second-order valence-corrected chi connectivity index (χ2v) is 5.87. The number of hydrogen-bond acceptors (Lipinski definition) is 2. The number of alkyl halides is 1. The zero-order valence-corrected chi connectivity index (χ0v) is 8.78. The Labute approximate surface area is 86.1 Å². The fourth-order valence-electron chi connectivity index (χ4n) is 1.68. The first-order chi connectivity index (χ1) is 6.48. The Morgan fingerprint density at radius 1 is 1.43 bits per heavy atom. The molecule has 5 heteroatoms. The minimum absolute atomic E-state index is 0.0255. The maximum Gasteiger partial charge on any atom is 0.261 e. The highest BCUT2D eigenvalue weighted by Gasteiger charge is 2.23. The molecule has 2 rings (SSSR count). The molecule has 1 aliphatic rings. The maximum atomic E-state index is 13.2. The molecule has 14 heavy (non-hydrogen) atoms. The zero-order chi connectivity index (χ0) is 10.3. The number of rotatable bonds is 1. The first kappa shape index (κ1) is 9.93. The summed E-state index contributed by atoms with van der Waals surface area (Å²) in [4.78, 5) is -0.0255. The van der Waals surface area contributed by atoms with Crippen LogP contribution >= 0.6 is 10.7 Å². The summed E-state index contributed by atoms with van der Waals surface area (Å²) >= 11 is 0. The molecule has 0 radical (unpaired) electrons. The van der Waals surface area contributed by atoms with E-state index in [1.54, 1.807) is 6.07 Å². The predicted molar refractivity (Wildman–Crippen MR) is 51.7 cm³/mol. The number of fused-ring (bicyclic) bond motifs is 1. The van der Waals surface area contributed by atoms with Crippen molar-refractivity contribution in [3.8, 4) is 0 Å². The van der Waals surface area contributed by atoms with Crippen LogP contribution in [0.5, 0.6) is 0 Å². The second-order valence-electron chi connectivity index (χ2n) is 3.30. The lowest BCUT2D eigenvalue weighted by molar-refractivity contribution is 0.343. The van der Waals surface area contributed by atoms with Gasteiger partial charge in [0.1, 0.15) is 6.17 Å². The van der Waals surface area contributed by atoms with Gasteiger partial charge in [-0.05, 0) is 36.1 Å². The fourth-order valence-corrected chi connectivity index (χ4v) is 2.47. The molecule has 0 fully saturated rings. The van der Waals surface area contributed by atoms with E-state index in [-0.39, 0.29) is 4.90 Å². The monoisotopic (exact) mass is 234 g/mol. The summed E-state index contributed by atoms with van der Waals surface area (Å²) in [5.41, 5.74) is 1.34. The smallest absolute Gasteiger partial charge is 0.242 e. The van der Waals surface area contributed by atoms with E-state index in [4.69, 9.17) is 10.7 Å². The van der Waals surface area contributed by atoms with Crippen LogP contribution < -0.4 is 0 Å². The molecular formula is C9H8ClFO2S. The third-order valence-electron chi connectivity index (χ3n) is 2.40. The molecule has 1 aliphatic carbocycles. The molecule has 0 spiro atoms. The van der Waals surface area contributed by atoms with Crippen LogP contribution in [0.25, 0.3) is 0 Å². The van der Waals surface area contributed by atoms with Gasteiger partial charge >= 0.3 is 0 Å². The van der Waals surface area contributed by atoms with Crippen LogP contribution in [0.3, 0.4) is 0 Å². The summed E-state index contributed by atoms with van der Waals surface area (Å²) in [7, 11) is 1.42. The molecule has 0 heterocycles. The largest absolute Gasteiger partial charge is 0.261 e. The molecule has 76 valence electrons. The summed E-state index contributed by atoms with van der Waals surface area (Å²) < 4.78 is 35.2. The fraction of sp³-hybridized carbons (Fsp3) is 0.333. The molecule has 0 saturated heterocycles. The maximum absolute atomic E-state index is 13.2. The number of hydrogen-bond donors (Lipinski definition) is 0. The van der Waals surface area contributed by atoms with Crippen LogP contribution in [0, 0.1) is 0 Å². The summed E-state index contributed by atoms with van der Waals surface area (Å²) in [5, 5.41) is 0. The molecule has 1 unspecified atom stereocenters. The third kappa shape index (κ3) is 1.64. The van der Waals surface area contributed by atoms with Crippen LogP contribution in [0.1, 0.15) is 23.7 Å². The lowest BCUT2D eigenvalue weighted by atomic mass is 10.1. The van der Waals surface area contributed by atoms with Crippen molar-refractivity contribution in [3.05, 3.63) is 29.3 Å². The van der Waals surface area contributed by atoms with Crippen LogP contribution in [0.4, 0.5) is 4.39 Å². The lowest BCUT2D eigenvalue weighted by Crippen LogP contribution is -1.93. The summed E-state index contributed by atoms with van der Waals surface area (Å²) in [6, 6.07) is 4.37. The Kier molecular flexibility index (Phi) is 2.27. The normalized spacial score (nSPS) is 20.9. The highest BCUT2D eigenvalue weighted by Crippen LogP contribution is 2.35. The minimum atomic E-state index is -3.74. The van der Waals surface area contributed by atoms with Crippen molar-refractivity contribution in [2.24, 2.45) is 0 Å². The summed E-state index contributed by atoms with van der Waals surface area (Å²) in [6.45, 7) is 0. The topological polar surface area (TPSA) is 34.1 Å². The van der Waals surface area contributed by atoms with Gasteiger partial charge < -0.3 is 0 Å². The summed E-state index contributed by atoms with van der Waals surface area (Å²) in [5.74, 6) is 0. The highest BCUT2D eigenvalue weighted by molar-refractivity contribution is 8.13. The first-order valence-corrected chi connectivity index (χ1v) is 6.51. The van der Waals surface area contributed by atoms with Gasteiger partial charge in [0.05, 0.1) is 4.90 Å². The molecule has 1 atom stereocenters. The Morgan fingerprint density at radius 3 is 2.79 bits per heavy atom. The molecule has 0 amide bonds. The van der Waals surface area contributed by atoms with Crippen molar-refractivity contribution < 1.29 is 12.8 Å². The van der Waals surface area contributed by atoms with Crippen molar-refractivity contribution in [3.63, 3.8) is 0 Å². The van der Waals surface area contributed by atoms with Gasteiger partial charge in [0.25, 0.3) is 9.05 Å². The Morgan fingerprint density at radius 2 is 2.14 bits per heavy atom. The van der Waals surface area contributed by atoms with Gasteiger partial charge in [0, 0.05) is 10.7 Å². The van der Waals surface area contributed by atoms with E-state index in [1.807, 2.05) is 0 Å². The SMILES string of the molecule is O=S(=O)(Cl)c1ccc2c(c1)C(F)CC2. The lowest BCUT2D eigenvalue weighted by Gasteiger charge is -2.03. The molecule has 0 N–H and O–H groups in total. The van der Waals surface area contributed by atoms with Crippen LogP contribution in [0.2, 0.25) is 0 Å². The average Bonchev–Trinajstić information content (AvgIpc) is 2.46. The molecule has 1 aromatic carbocycles. The van der Waals surface area contributed by atoms with Crippen molar-refractivity contribution in [2.75, 3.05) is 0 Å². The van der Waals surface area contributed by atoms with E-state index in [0.29, 0.717) is 18.4 Å². The first-order valence-electron chi connectivity index (χ1n) is 4.20. The minimum Gasteiger partial charge on any atom is -0.242 e. The third-order valence-corrected chi connectivity index (χ3v) is 3.75. The van der Waals surface area contributed by atoms with E-state index in [1.165, 1.54) is 12.1 Å². The zero-order valence-electron chi connectivity index (χ0n) is 7.20. The predicted octanol–water partition coefficient (Wildman–Crippen LogP) is 2.57. The van der Waals surface area contributed by atoms with Crippen LogP contribution in [0.15, 0.2) is 23.1 Å². The van der Waals surface area contributed by atoms with Gasteiger partial charge in [0.2, 0.25) is 0 Å². The molecule has 0 saturated carbocycles. The molecule has 1 aromatic rings. The van der Waals surface area contributed by atoms with E-state index < -0.39 is 15.2 Å². The Bertz CT molecular complexity index is 470. The van der Waals surface area contributed by atoms with Crippen molar-refractivity contribution in [1.82, 2.24) is 0 Å². The van der Waals surface area contributed by atoms with E-state index in [2.05, 4.69) is 0 Å². The van der Waals surface area contributed by atoms with Gasteiger partial charge in [-0.1, -0.05) is 6.07 Å². The van der Waals surface area contributed by atoms with Crippen LogP contribution in [-0.4, -0.2) is 8.42 Å². The van der Waals surface area contributed by atoms with Gasteiger partial charge in [-0.2, -0.15) is 0 Å². The Balaban J connectivity index is 2.56. The van der Waals surface area contributed by atoms with Gasteiger partial charge in [0.15, 0.2) is 0 Å². The summed E-state index contributed by atoms with van der Waals surface area (Å²) in [6.07, 6.45) is 0.0450. The van der Waals surface area contributed by atoms with Crippen LogP contribution in [-0.2, 0) is 15.5 Å². The number of aryl methyl sites for hydroxylation is 1. The van der Waals surface area contributed by atoms with Gasteiger partial charge in [-0.25, -0.2) is 12.8 Å². The van der Waals surface area contributed by atoms with E-state index in [9.17, 15) is 12.8 Å². The molecule has 2 nitrogen and oxygen atoms in total. The van der Waals surface area contributed by atoms with Gasteiger partial charge in [-0.15, -0.1) is 0 Å². The van der Waals surface area contributed by atoms with Crippen molar-refractivity contribution in [1.29, 1.82) is 0 Å². The molecule has 0 aromatic heterocycles. The van der Waals surface area contributed by atoms with E-state index >= 15 is 0 Å². The average molecular weight is 235 g/mol. The van der Waals surface area contributed by atoms with Crippen molar-refractivity contribution >= 4 is 19.7 Å².